The molecule has 0 atom stereocenters. The number of rotatable bonds is 4. The van der Waals surface area contributed by atoms with Gasteiger partial charge in [-0.25, -0.2) is 8.42 Å². The molecule has 3 aromatic carbocycles. The number of aliphatic carboxylic acids is 1. The maximum absolute atomic E-state index is 11.4. The van der Waals surface area contributed by atoms with Gasteiger partial charge in [0.1, 0.15) is 13.2 Å². The molecule has 1 aliphatic rings. The minimum absolute atomic E-state index is 0. The van der Waals surface area contributed by atoms with Crippen LogP contribution in [0.25, 0.3) is 0 Å². The number of non-ortho nitro benzene ring substituents is 1. The molecule has 43 heavy (non-hydrogen) atoms. The van der Waals surface area contributed by atoms with Gasteiger partial charge in [-0.3, -0.25) is 14.9 Å². The molecule has 0 aromatic heterocycles. The fourth-order valence-corrected chi connectivity index (χ4v) is 4.45. The molecule has 15 heteroatoms. The third-order valence-electron chi connectivity index (χ3n) is 5.35. The normalized spacial score (nSPS) is 14.5. The SMILES string of the molecule is O=C(O)CS(=O)(=O)c1ccc([N+](=O)[O-])cc1.[H-].[K+].c1ccc2c(c1)OCCOCCOCCOCCOc1ccccc1O2. The second-order valence-electron chi connectivity index (χ2n) is 8.43. The van der Waals surface area contributed by atoms with Crippen LogP contribution >= 0.6 is 0 Å². The van der Waals surface area contributed by atoms with Crippen LogP contribution in [0.3, 0.4) is 0 Å². The molecule has 228 valence electrons. The van der Waals surface area contributed by atoms with Crippen molar-refractivity contribution in [2.75, 3.05) is 58.6 Å². The number of nitro benzene ring substituents is 1. The van der Waals surface area contributed by atoms with E-state index in [1.54, 1.807) is 0 Å². The van der Waals surface area contributed by atoms with Crippen molar-refractivity contribution < 1.29 is 104 Å². The van der Waals surface area contributed by atoms with Gasteiger partial charge in [-0.05, 0) is 36.4 Å². The molecule has 0 aliphatic carbocycles. The summed E-state index contributed by atoms with van der Waals surface area (Å²) in [7, 11) is -3.92. The number of carboxylic acids is 1. The van der Waals surface area contributed by atoms with Gasteiger partial charge in [0, 0.05) is 12.1 Å². The van der Waals surface area contributed by atoms with E-state index < -0.39 is 26.5 Å². The van der Waals surface area contributed by atoms with E-state index in [1.807, 2.05) is 48.5 Å². The molecule has 0 saturated heterocycles. The van der Waals surface area contributed by atoms with Gasteiger partial charge in [0.25, 0.3) is 5.69 Å². The van der Waals surface area contributed by atoms with Crippen molar-refractivity contribution in [1.82, 2.24) is 0 Å². The standard InChI is InChI=1S/C20H24O6.C8H7NO6S.K.H/c1-3-7-19-17(5-1)24-15-13-22-11-9-21-10-12-23-14-16-25-18-6-2-4-8-20(18)26-19;10-8(11)5-16(14,15)7-3-1-6(2-4-7)9(12)13;;/h1-8H,9-16H2;1-4H,5H2,(H,10,11);;/q;;+1;-1. The quantitative estimate of drug-likeness (QED) is 0.242. The van der Waals surface area contributed by atoms with E-state index in [-0.39, 0.29) is 63.4 Å². The molecule has 13 nitrogen and oxygen atoms in total. The summed E-state index contributed by atoms with van der Waals surface area (Å²) < 4.78 is 56.8. The minimum atomic E-state index is -3.92. The first-order chi connectivity index (χ1) is 20.3. The van der Waals surface area contributed by atoms with Crippen molar-refractivity contribution >= 4 is 21.5 Å². The number of carboxylic acid groups (broad SMARTS) is 1. The van der Waals surface area contributed by atoms with Crippen LogP contribution in [-0.2, 0) is 28.8 Å². The van der Waals surface area contributed by atoms with Crippen molar-refractivity contribution in [2.45, 2.75) is 4.90 Å². The summed E-state index contributed by atoms with van der Waals surface area (Å²) in [6.45, 7) is 3.95. The van der Waals surface area contributed by atoms with Crippen LogP contribution in [0.2, 0.25) is 0 Å². The average Bonchev–Trinajstić information content (AvgIpc) is 2.96. The van der Waals surface area contributed by atoms with Gasteiger partial charge >= 0.3 is 57.4 Å². The molecule has 4 rings (SSSR count). The van der Waals surface area contributed by atoms with Crippen LogP contribution in [0, 0.1) is 10.1 Å². The van der Waals surface area contributed by atoms with Gasteiger partial charge in [0.05, 0.1) is 49.5 Å². The third kappa shape index (κ3) is 13.3. The Morgan fingerprint density at radius 2 is 1.12 bits per heavy atom. The van der Waals surface area contributed by atoms with Crippen molar-refractivity contribution in [2.24, 2.45) is 0 Å². The zero-order valence-electron chi connectivity index (χ0n) is 24.6. The summed E-state index contributed by atoms with van der Waals surface area (Å²) in [6, 6.07) is 19.1. The van der Waals surface area contributed by atoms with E-state index >= 15 is 0 Å². The molecule has 0 amide bonds. The Morgan fingerprint density at radius 3 is 1.51 bits per heavy atom. The molecule has 1 heterocycles. The fraction of sp³-hybridized carbons (Fsp3) is 0.321. The fourth-order valence-electron chi connectivity index (χ4n) is 3.41. The number of hydrogen-bond donors (Lipinski definition) is 1. The Labute approximate surface area is 293 Å². The number of carbonyl (C=O) groups is 1. The largest absolute Gasteiger partial charge is 1.00 e. The van der Waals surface area contributed by atoms with Crippen molar-refractivity contribution in [3.05, 3.63) is 82.9 Å². The van der Waals surface area contributed by atoms with E-state index in [0.717, 1.165) is 24.3 Å². The second kappa shape index (κ2) is 19.6. The zero-order chi connectivity index (χ0) is 30.2. The van der Waals surface area contributed by atoms with E-state index in [0.29, 0.717) is 75.9 Å². The van der Waals surface area contributed by atoms with Crippen LogP contribution in [0.5, 0.6) is 23.0 Å². The number of fused-ring (bicyclic) bond motifs is 2. The molecule has 3 aromatic rings. The Hall–Kier alpha value is -2.60. The maximum Gasteiger partial charge on any atom is 1.00 e. The van der Waals surface area contributed by atoms with E-state index in [2.05, 4.69) is 0 Å². The topological polar surface area (TPSA) is 170 Å². The van der Waals surface area contributed by atoms with Crippen molar-refractivity contribution in [3.8, 4) is 23.0 Å². The van der Waals surface area contributed by atoms with Crippen molar-refractivity contribution in [3.63, 3.8) is 0 Å². The van der Waals surface area contributed by atoms with Gasteiger partial charge < -0.3 is 35.0 Å². The number of nitro groups is 1. The average molecular weight is 646 g/mol. The van der Waals surface area contributed by atoms with Gasteiger partial charge in [0.2, 0.25) is 0 Å². The van der Waals surface area contributed by atoms with Crippen LogP contribution < -0.4 is 65.6 Å². The molecule has 0 bridgehead atoms. The number of para-hydroxylation sites is 4. The summed E-state index contributed by atoms with van der Waals surface area (Å²) in [5.74, 6) is 0.0650. The number of hydrogen-bond acceptors (Lipinski definition) is 11. The first-order valence-electron chi connectivity index (χ1n) is 12.8. The van der Waals surface area contributed by atoms with Gasteiger partial charge in [-0.2, -0.15) is 0 Å². The number of nitrogens with zero attached hydrogens (tertiary/aromatic N) is 1. The van der Waals surface area contributed by atoms with Gasteiger partial charge in [-0.15, -0.1) is 0 Å². The van der Waals surface area contributed by atoms with Gasteiger partial charge in [0.15, 0.2) is 38.6 Å². The predicted octanol–water partition coefficient (Wildman–Crippen LogP) is 0.870. The first kappa shape index (κ1) is 36.6. The van der Waals surface area contributed by atoms with Crippen LogP contribution in [0.4, 0.5) is 5.69 Å². The van der Waals surface area contributed by atoms with E-state index in [4.69, 9.17) is 33.5 Å². The Morgan fingerprint density at radius 1 is 0.721 bits per heavy atom. The molecule has 0 unspecified atom stereocenters. The van der Waals surface area contributed by atoms with Crippen LogP contribution in [-0.4, -0.2) is 83.0 Å². The van der Waals surface area contributed by atoms with Crippen LogP contribution in [0.15, 0.2) is 77.7 Å². The van der Waals surface area contributed by atoms with Crippen molar-refractivity contribution in [1.29, 1.82) is 0 Å². The second-order valence-corrected chi connectivity index (χ2v) is 10.4. The number of benzene rings is 3. The number of ether oxygens (including phenoxy) is 6. The van der Waals surface area contributed by atoms with Gasteiger partial charge in [-0.1, -0.05) is 24.3 Å². The minimum Gasteiger partial charge on any atom is -1.00 e. The predicted molar refractivity (Wildman–Crippen MR) is 150 cm³/mol. The Kier molecular flexibility index (Phi) is 16.7. The summed E-state index contributed by atoms with van der Waals surface area (Å²) >= 11 is 0. The summed E-state index contributed by atoms with van der Waals surface area (Å²) in [6.07, 6.45) is 0. The van der Waals surface area contributed by atoms with Crippen LogP contribution in [0.1, 0.15) is 1.43 Å². The first-order valence-corrected chi connectivity index (χ1v) is 14.5. The molecular weight excluding hydrogens is 613 g/mol. The zero-order valence-corrected chi connectivity index (χ0v) is 27.5. The summed E-state index contributed by atoms with van der Waals surface area (Å²) in [5.41, 5.74) is -0.255. The molecule has 1 aliphatic heterocycles. The smallest absolute Gasteiger partial charge is 1.00 e. The molecular formula is C28H32KNO12S. The maximum atomic E-state index is 11.4. The summed E-state index contributed by atoms with van der Waals surface area (Å²) in [5, 5.41) is 18.7. The Balaban J connectivity index is 0.000000468. The monoisotopic (exact) mass is 645 g/mol. The molecule has 0 fully saturated rings. The summed E-state index contributed by atoms with van der Waals surface area (Å²) in [4.78, 5) is 19.7. The third-order valence-corrected chi connectivity index (χ3v) is 6.97. The van der Waals surface area contributed by atoms with E-state index in [9.17, 15) is 23.3 Å². The molecule has 0 spiro atoms. The van der Waals surface area contributed by atoms with E-state index in [1.165, 1.54) is 0 Å². The Bertz CT molecular complexity index is 1350. The molecule has 1 N–H and O–H groups in total. The molecule has 0 saturated carbocycles. The molecule has 0 radical (unpaired) electrons. The number of sulfone groups is 1.